The monoisotopic (exact) mass is 398 g/mol. The minimum absolute atomic E-state index is 0.155. The van der Waals surface area contributed by atoms with Gasteiger partial charge in [0.05, 0.1) is 11.7 Å². The molecule has 0 aromatic heterocycles. The van der Waals surface area contributed by atoms with E-state index in [1.165, 1.54) is 64.0 Å². The largest absolute Gasteiger partial charge is 0.481 e. The molecule has 0 rings (SSSR count). The van der Waals surface area contributed by atoms with Crippen molar-refractivity contribution in [3.63, 3.8) is 0 Å². The lowest BCUT2D eigenvalue weighted by Gasteiger charge is -2.18. The zero-order valence-electron chi connectivity index (χ0n) is 19.1. The van der Waals surface area contributed by atoms with Crippen molar-refractivity contribution < 1.29 is 19.4 Å². The Bertz CT molecular complexity index is 388. The molecule has 0 aliphatic heterocycles. The van der Waals surface area contributed by atoms with E-state index in [1.807, 2.05) is 0 Å². The summed E-state index contributed by atoms with van der Waals surface area (Å²) in [5.41, 5.74) is -0.534. The van der Waals surface area contributed by atoms with Crippen LogP contribution < -0.4 is 0 Å². The van der Waals surface area contributed by atoms with Crippen LogP contribution in [0.4, 0.5) is 0 Å². The zero-order chi connectivity index (χ0) is 21.7. The van der Waals surface area contributed by atoms with E-state index >= 15 is 0 Å². The van der Waals surface area contributed by atoms with E-state index in [0.717, 1.165) is 32.1 Å². The predicted octanol–water partition coefficient (Wildman–Crippen LogP) is 7.66. The summed E-state index contributed by atoms with van der Waals surface area (Å²) in [6.45, 7) is 11.3. The maximum atomic E-state index is 11.0. The molecule has 166 valence electrons. The molecule has 0 aliphatic carbocycles. The van der Waals surface area contributed by atoms with Crippen LogP contribution in [0.15, 0.2) is 12.8 Å². The van der Waals surface area contributed by atoms with Gasteiger partial charge in [0.15, 0.2) is 0 Å². The fraction of sp³-hybridized carbons (Fsp3) is 0.833. The number of aliphatic carboxylic acids is 1. The van der Waals surface area contributed by atoms with E-state index < -0.39 is 11.4 Å². The molecule has 0 fully saturated rings. The normalized spacial score (nSPS) is 10.7. The molecule has 0 saturated carbocycles. The van der Waals surface area contributed by atoms with E-state index in [4.69, 9.17) is 5.11 Å². The van der Waals surface area contributed by atoms with Gasteiger partial charge in [0, 0.05) is 6.42 Å². The summed E-state index contributed by atoms with van der Waals surface area (Å²) in [6.07, 6.45) is 18.5. The summed E-state index contributed by atoms with van der Waals surface area (Å²) in [4.78, 5) is 21.6. The number of hydrogen-bond donors (Lipinski definition) is 1. The third kappa shape index (κ3) is 21.0. The van der Waals surface area contributed by atoms with Crippen LogP contribution in [0.3, 0.4) is 0 Å². The van der Waals surface area contributed by atoms with Gasteiger partial charge in [-0.25, -0.2) is 0 Å². The molecule has 4 nitrogen and oxygen atoms in total. The maximum absolute atomic E-state index is 11.0. The molecule has 4 heteroatoms. The van der Waals surface area contributed by atoms with Crippen LogP contribution in [-0.4, -0.2) is 17.0 Å². The van der Waals surface area contributed by atoms with Gasteiger partial charge >= 0.3 is 11.9 Å². The van der Waals surface area contributed by atoms with Crippen molar-refractivity contribution in [1.82, 2.24) is 0 Å². The molecule has 0 amide bonds. The predicted molar refractivity (Wildman–Crippen MR) is 118 cm³/mol. The van der Waals surface area contributed by atoms with Gasteiger partial charge in [-0.05, 0) is 26.7 Å². The van der Waals surface area contributed by atoms with E-state index in [-0.39, 0.29) is 5.97 Å². The lowest BCUT2D eigenvalue weighted by atomic mass is 9.87. The molecule has 0 aliphatic rings. The smallest absolute Gasteiger partial charge is 0.310 e. The van der Waals surface area contributed by atoms with Crippen molar-refractivity contribution in [2.24, 2.45) is 5.41 Å². The van der Waals surface area contributed by atoms with Gasteiger partial charge in [0.1, 0.15) is 0 Å². The topological polar surface area (TPSA) is 63.6 Å². The highest BCUT2D eigenvalue weighted by atomic mass is 16.5. The molecule has 0 saturated heterocycles. The first-order chi connectivity index (χ1) is 13.3. The summed E-state index contributed by atoms with van der Waals surface area (Å²) in [5.74, 6) is -0.836. The van der Waals surface area contributed by atoms with Crippen molar-refractivity contribution in [3.05, 3.63) is 12.8 Å². The summed E-state index contributed by atoms with van der Waals surface area (Å²) < 4.78 is 4.64. The number of carbonyl (C=O) groups is 2. The molecule has 0 atom stereocenters. The number of esters is 1. The van der Waals surface area contributed by atoms with Crippen LogP contribution in [0.5, 0.6) is 0 Å². The lowest BCUT2D eigenvalue weighted by molar-refractivity contribution is -0.147. The molecule has 0 spiro atoms. The van der Waals surface area contributed by atoms with E-state index in [9.17, 15) is 9.59 Å². The lowest BCUT2D eigenvalue weighted by Crippen LogP contribution is -2.23. The van der Waals surface area contributed by atoms with Crippen molar-refractivity contribution in [3.8, 4) is 0 Å². The summed E-state index contributed by atoms with van der Waals surface area (Å²) in [6, 6.07) is 0. The SMILES string of the molecule is C=COC(=O)CCCCCCCCCCC.CCCCCCC(C)(C)C(=O)O. The van der Waals surface area contributed by atoms with Gasteiger partial charge in [0.2, 0.25) is 0 Å². The summed E-state index contributed by atoms with van der Waals surface area (Å²) in [7, 11) is 0. The third-order valence-electron chi connectivity index (χ3n) is 4.93. The molecule has 0 bridgehead atoms. The Balaban J connectivity index is 0. The van der Waals surface area contributed by atoms with Crippen molar-refractivity contribution >= 4 is 11.9 Å². The number of carbonyl (C=O) groups excluding carboxylic acids is 1. The first-order valence-electron chi connectivity index (χ1n) is 11.4. The molecular formula is C24H46O4. The minimum atomic E-state index is -0.681. The van der Waals surface area contributed by atoms with Crippen LogP contribution in [0, 0.1) is 5.41 Å². The number of rotatable bonds is 17. The van der Waals surface area contributed by atoms with Crippen molar-refractivity contribution in [2.45, 2.75) is 124 Å². The first-order valence-corrected chi connectivity index (χ1v) is 11.4. The maximum Gasteiger partial charge on any atom is 0.310 e. The van der Waals surface area contributed by atoms with Crippen LogP contribution in [0.1, 0.15) is 124 Å². The van der Waals surface area contributed by atoms with E-state index in [2.05, 4.69) is 25.2 Å². The molecule has 0 heterocycles. The fourth-order valence-electron chi connectivity index (χ4n) is 2.83. The molecule has 0 unspecified atom stereocenters. The Morgan fingerprint density at radius 3 is 1.68 bits per heavy atom. The van der Waals surface area contributed by atoms with Crippen LogP contribution in [0.2, 0.25) is 0 Å². The standard InChI is InChI=1S/C14H26O2.C10H20O2/c1-3-5-6-7-8-9-10-11-12-13-14(15)16-4-2;1-4-5-6-7-8-10(2,3)9(11)12/h4H,2-3,5-13H2,1H3;4-8H2,1-3H3,(H,11,12). The Morgan fingerprint density at radius 2 is 1.25 bits per heavy atom. The number of unbranched alkanes of at least 4 members (excludes halogenated alkanes) is 11. The highest BCUT2D eigenvalue weighted by Gasteiger charge is 2.25. The first kappa shape index (κ1) is 28.9. The second-order valence-corrected chi connectivity index (χ2v) is 8.23. The average molecular weight is 399 g/mol. The molecule has 0 aromatic carbocycles. The Morgan fingerprint density at radius 1 is 0.821 bits per heavy atom. The highest BCUT2D eigenvalue weighted by Crippen LogP contribution is 2.23. The molecule has 1 N–H and O–H groups in total. The average Bonchev–Trinajstić information content (AvgIpc) is 2.64. The number of hydrogen-bond acceptors (Lipinski definition) is 3. The molecule has 28 heavy (non-hydrogen) atoms. The zero-order valence-corrected chi connectivity index (χ0v) is 19.1. The van der Waals surface area contributed by atoms with Gasteiger partial charge in [-0.1, -0.05) is 97.5 Å². The van der Waals surface area contributed by atoms with Gasteiger partial charge < -0.3 is 9.84 Å². The number of carboxylic acids is 1. The molecule has 0 radical (unpaired) electrons. The van der Waals surface area contributed by atoms with Gasteiger partial charge in [-0.3, -0.25) is 9.59 Å². The van der Waals surface area contributed by atoms with E-state index in [0.29, 0.717) is 6.42 Å². The fourth-order valence-corrected chi connectivity index (χ4v) is 2.83. The van der Waals surface area contributed by atoms with Crippen LogP contribution in [-0.2, 0) is 14.3 Å². The second-order valence-electron chi connectivity index (χ2n) is 8.23. The molecule has 0 aromatic rings. The van der Waals surface area contributed by atoms with Crippen LogP contribution >= 0.6 is 0 Å². The third-order valence-corrected chi connectivity index (χ3v) is 4.93. The van der Waals surface area contributed by atoms with Gasteiger partial charge in [0.25, 0.3) is 0 Å². The number of carboxylic acid groups (broad SMARTS) is 1. The Labute approximate surface area is 174 Å². The number of ether oxygens (including phenoxy) is 1. The van der Waals surface area contributed by atoms with Gasteiger partial charge in [-0.2, -0.15) is 0 Å². The highest BCUT2D eigenvalue weighted by molar-refractivity contribution is 5.73. The molecular weight excluding hydrogens is 352 g/mol. The second kappa shape index (κ2) is 20.4. The van der Waals surface area contributed by atoms with Crippen molar-refractivity contribution in [1.29, 1.82) is 0 Å². The minimum Gasteiger partial charge on any atom is -0.481 e. The Kier molecular flexibility index (Phi) is 21.1. The van der Waals surface area contributed by atoms with Crippen LogP contribution in [0.25, 0.3) is 0 Å². The van der Waals surface area contributed by atoms with Crippen molar-refractivity contribution in [2.75, 3.05) is 0 Å². The summed E-state index contributed by atoms with van der Waals surface area (Å²) >= 11 is 0. The van der Waals surface area contributed by atoms with E-state index in [1.54, 1.807) is 13.8 Å². The summed E-state index contributed by atoms with van der Waals surface area (Å²) in [5, 5.41) is 8.80. The Hall–Kier alpha value is -1.32. The van der Waals surface area contributed by atoms with Gasteiger partial charge in [-0.15, -0.1) is 0 Å². The quantitative estimate of drug-likeness (QED) is 0.155.